The van der Waals surface area contributed by atoms with Crippen LogP contribution in [0, 0.1) is 0 Å². The molecule has 0 saturated heterocycles. The van der Waals surface area contributed by atoms with Crippen LogP contribution in [-0.4, -0.2) is 31.9 Å². The van der Waals surface area contributed by atoms with Crippen LogP contribution in [0.5, 0.6) is 0 Å². The van der Waals surface area contributed by atoms with E-state index in [0.29, 0.717) is 11.7 Å². The molecule has 0 saturated carbocycles. The monoisotopic (exact) mass is 297 g/mol. The van der Waals surface area contributed by atoms with E-state index in [0.717, 1.165) is 17.7 Å². The minimum Gasteiger partial charge on any atom is -0.337 e. The highest BCUT2D eigenvalue weighted by Gasteiger charge is 2.19. The smallest absolute Gasteiger partial charge is 0.244 e. The number of benzene rings is 1. The molecular formula is C16H19N5O. The molecule has 0 aliphatic rings. The van der Waals surface area contributed by atoms with E-state index in [9.17, 15) is 0 Å². The van der Waals surface area contributed by atoms with Crippen molar-refractivity contribution in [2.45, 2.75) is 19.5 Å². The van der Waals surface area contributed by atoms with Gasteiger partial charge in [0.15, 0.2) is 0 Å². The van der Waals surface area contributed by atoms with E-state index in [4.69, 9.17) is 4.52 Å². The molecule has 0 fully saturated rings. The van der Waals surface area contributed by atoms with Gasteiger partial charge in [-0.05, 0) is 14.0 Å². The van der Waals surface area contributed by atoms with Crippen LogP contribution < -0.4 is 0 Å². The fraction of sp³-hybridized carbons (Fsp3) is 0.312. The standard InChI is InChI=1S/C16H19N5O/c1-12(20(2)10-13-9-17-21(3)11-13)16-18-15(19-22-16)14-7-5-4-6-8-14/h4-9,11-12H,10H2,1-3H3. The van der Waals surface area contributed by atoms with Crippen molar-refractivity contribution in [1.29, 1.82) is 0 Å². The number of hydrogen-bond acceptors (Lipinski definition) is 5. The Hall–Kier alpha value is -2.47. The maximum absolute atomic E-state index is 5.42. The van der Waals surface area contributed by atoms with E-state index in [1.165, 1.54) is 0 Å². The largest absolute Gasteiger partial charge is 0.337 e. The molecule has 114 valence electrons. The van der Waals surface area contributed by atoms with Crippen molar-refractivity contribution in [1.82, 2.24) is 24.8 Å². The fourth-order valence-electron chi connectivity index (χ4n) is 2.28. The van der Waals surface area contributed by atoms with Crippen molar-refractivity contribution < 1.29 is 4.52 Å². The summed E-state index contributed by atoms with van der Waals surface area (Å²) in [5.74, 6) is 1.24. The summed E-state index contributed by atoms with van der Waals surface area (Å²) in [5, 5.41) is 8.26. The fourth-order valence-corrected chi connectivity index (χ4v) is 2.28. The van der Waals surface area contributed by atoms with Gasteiger partial charge in [-0.15, -0.1) is 0 Å². The maximum Gasteiger partial charge on any atom is 0.244 e. The highest BCUT2D eigenvalue weighted by atomic mass is 16.5. The first-order valence-corrected chi connectivity index (χ1v) is 7.20. The van der Waals surface area contributed by atoms with Crippen molar-refractivity contribution in [3.05, 3.63) is 54.2 Å². The first kappa shape index (κ1) is 14.5. The minimum absolute atomic E-state index is 0.0326. The van der Waals surface area contributed by atoms with Gasteiger partial charge in [-0.1, -0.05) is 35.5 Å². The third-order valence-electron chi connectivity index (χ3n) is 3.68. The van der Waals surface area contributed by atoms with Crippen LogP contribution in [0.1, 0.15) is 24.4 Å². The van der Waals surface area contributed by atoms with Gasteiger partial charge in [0.05, 0.1) is 12.2 Å². The molecule has 0 amide bonds. The summed E-state index contributed by atoms with van der Waals surface area (Å²) in [7, 11) is 3.95. The SMILES string of the molecule is CC(c1nc(-c2ccccc2)no1)N(C)Cc1cnn(C)c1. The number of aryl methyl sites for hydroxylation is 1. The van der Waals surface area contributed by atoms with Gasteiger partial charge < -0.3 is 4.52 Å². The van der Waals surface area contributed by atoms with E-state index >= 15 is 0 Å². The molecular weight excluding hydrogens is 278 g/mol. The average Bonchev–Trinajstić information content (AvgIpc) is 3.17. The molecule has 6 heteroatoms. The second-order valence-electron chi connectivity index (χ2n) is 5.44. The van der Waals surface area contributed by atoms with Gasteiger partial charge in [0.25, 0.3) is 0 Å². The normalized spacial score (nSPS) is 12.7. The quantitative estimate of drug-likeness (QED) is 0.724. The number of rotatable bonds is 5. The predicted molar refractivity (Wildman–Crippen MR) is 82.8 cm³/mol. The molecule has 0 spiro atoms. The number of nitrogens with zero attached hydrogens (tertiary/aromatic N) is 5. The Morgan fingerprint density at radius 3 is 2.73 bits per heavy atom. The number of hydrogen-bond donors (Lipinski definition) is 0. The van der Waals surface area contributed by atoms with E-state index in [2.05, 4.69) is 27.1 Å². The van der Waals surface area contributed by atoms with Gasteiger partial charge in [0.2, 0.25) is 11.7 Å². The topological polar surface area (TPSA) is 60.0 Å². The van der Waals surface area contributed by atoms with Crippen LogP contribution in [0.25, 0.3) is 11.4 Å². The zero-order valence-corrected chi connectivity index (χ0v) is 13.0. The summed E-state index contributed by atoms with van der Waals surface area (Å²) in [6.45, 7) is 2.83. The average molecular weight is 297 g/mol. The van der Waals surface area contributed by atoms with Crippen LogP contribution in [0.4, 0.5) is 0 Å². The Labute approximate surface area is 129 Å². The van der Waals surface area contributed by atoms with Crippen LogP contribution in [0.3, 0.4) is 0 Å². The predicted octanol–water partition coefficient (Wildman–Crippen LogP) is 2.66. The Balaban J connectivity index is 1.72. The van der Waals surface area contributed by atoms with Gasteiger partial charge in [0.1, 0.15) is 0 Å². The van der Waals surface area contributed by atoms with Crippen LogP contribution in [-0.2, 0) is 13.6 Å². The summed E-state index contributed by atoms with van der Waals surface area (Å²) in [6, 6.07) is 9.86. The molecule has 0 aliphatic heterocycles. The lowest BCUT2D eigenvalue weighted by molar-refractivity contribution is 0.202. The third-order valence-corrected chi connectivity index (χ3v) is 3.68. The minimum atomic E-state index is 0.0326. The summed E-state index contributed by atoms with van der Waals surface area (Å²) >= 11 is 0. The summed E-state index contributed by atoms with van der Waals surface area (Å²) in [6.07, 6.45) is 3.87. The second kappa shape index (κ2) is 6.11. The van der Waals surface area contributed by atoms with Gasteiger partial charge in [-0.2, -0.15) is 10.1 Å². The van der Waals surface area contributed by atoms with Crippen LogP contribution in [0.15, 0.2) is 47.2 Å². The van der Waals surface area contributed by atoms with Gasteiger partial charge in [0, 0.05) is 30.9 Å². The zero-order valence-electron chi connectivity index (χ0n) is 13.0. The van der Waals surface area contributed by atoms with Crippen molar-refractivity contribution in [2.24, 2.45) is 7.05 Å². The first-order valence-electron chi connectivity index (χ1n) is 7.20. The Bertz CT molecular complexity index is 734. The van der Waals surface area contributed by atoms with Crippen molar-refractivity contribution >= 4 is 0 Å². The lowest BCUT2D eigenvalue weighted by Crippen LogP contribution is -2.22. The highest BCUT2D eigenvalue weighted by Crippen LogP contribution is 2.22. The van der Waals surface area contributed by atoms with E-state index < -0.39 is 0 Å². The van der Waals surface area contributed by atoms with Crippen molar-refractivity contribution in [2.75, 3.05) is 7.05 Å². The molecule has 1 aromatic carbocycles. The van der Waals surface area contributed by atoms with Gasteiger partial charge in [-0.25, -0.2) is 0 Å². The summed E-state index contributed by atoms with van der Waals surface area (Å²) < 4.78 is 7.22. The summed E-state index contributed by atoms with van der Waals surface area (Å²) in [4.78, 5) is 6.66. The molecule has 3 aromatic rings. The summed E-state index contributed by atoms with van der Waals surface area (Å²) in [5.41, 5.74) is 2.11. The Kier molecular flexibility index (Phi) is 4.02. The molecule has 0 aliphatic carbocycles. The van der Waals surface area contributed by atoms with Crippen LogP contribution in [0.2, 0.25) is 0 Å². The van der Waals surface area contributed by atoms with Crippen LogP contribution >= 0.6 is 0 Å². The molecule has 0 bridgehead atoms. The molecule has 22 heavy (non-hydrogen) atoms. The highest BCUT2D eigenvalue weighted by molar-refractivity contribution is 5.53. The lowest BCUT2D eigenvalue weighted by Gasteiger charge is -2.20. The first-order chi connectivity index (χ1) is 10.6. The molecule has 1 unspecified atom stereocenters. The maximum atomic E-state index is 5.42. The molecule has 6 nitrogen and oxygen atoms in total. The molecule has 0 N–H and O–H groups in total. The second-order valence-corrected chi connectivity index (χ2v) is 5.44. The van der Waals surface area contributed by atoms with Crippen molar-refractivity contribution in [3.8, 4) is 11.4 Å². The molecule has 1 atom stereocenters. The van der Waals surface area contributed by atoms with E-state index in [1.807, 2.05) is 56.8 Å². The molecule has 2 heterocycles. The molecule has 0 radical (unpaired) electrons. The van der Waals surface area contributed by atoms with E-state index in [1.54, 1.807) is 4.68 Å². The van der Waals surface area contributed by atoms with E-state index in [-0.39, 0.29) is 6.04 Å². The van der Waals surface area contributed by atoms with Gasteiger partial charge >= 0.3 is 0 Å². The Morgan fingerprint density at radius 1 is 1.27 bits per heavy atom. The zero-order chi connectivity index (χ0) is 15.5. The molecule has 2 aromatic heterocycles. The molecule has 3 rings (SSSR count). The van der Waals surface area contributed by atoms with Gasteiger partial charge in [-0.3, -0.25) is 9.58 Å². The van der Waals surface area contributed by atoms with Crippen molar-refractivity contribution in [3.63, 3.8) is 0 Å². The Morgan fingerprint density at radius 2 is 2.05 bits per heavy atom. The number of aromatic nitrogens is 4. The lowest BCUT2D eigenvalue weighted by atomic mass is 10.2. The third kappa shape index (κ3) is 3.07.